The first-order valence-corrected chi connectivity index (χ1v) is 8.00. The zero-order valence-electron chi connectivity index (χ0n) is 12.8. The molecule has 1 aliphatic rings. The highest BCUT2D eigenvalue weighted by Gasteiger charge is 2.26. The predicted molar refractivity (Wildman–Crippen MR) is 83.3 cm³/mol. The Labute approximate surface area is 118 Å². The number of nitrogens with one attached hydrogen (secondary N) is 1. The van der Waals surface area contributed by atoms with E-state index in [1.807, 2.05) is 0 Å². The maximum absolute atomic E-state index is 3.80. The van der Waals surface area contributed by atoms with E-state index in [4.69, 9.17) is 0 Å². The quantitative estimate of drug-likeness (QED) is 0.796. The molecule has 0 aliphatic heterocycles. The SMILES string of the molecule is CCCNC(c1cccc(C)c1)C1CCC(C)CC1. The molecule has 106 valence electrons. The van der Waals surface area contributed by atoms with Gasteiger partial charge in [-0.1, -0.05) is 56.5 Å². The predicted octanol–water partition coefficient (Wildman–Crippen LogP) is 4.86. The molecule has 1 N–H and O–H groups in total. The lowest BCUT2D eigenvalue weighted by atomic mass is 9.77. The summed E-state index contributed by atoms with van der Waals surface area (Å²) in [5, 5.41) is 3.80. The summed E-state index contributed by atoms with van der Waals surface area (Å²) in [7, 11) is 0. The Hall–Kier alpha value is -0.820. The van der Waals surface area contributed by atoms with Crippen LogP contribution in [0.15, 0.2) is 24.3 Å². The number of hydrogen-bond donors (Lipinski definition) is 1. The van der Waals surface area contributed by atoms with Crippen LogP contribution >= 0.6 is 0 Å². The van der Waals surface area contributed by atoms with E-state index in [1.165, 1.54) is 43.2 Å². The minimum Gasteiger partial charge on any atom is -0.310 e. The van der Waals surface area contributed by atoms with Gasteiger partial charge in [0.05, 0.1) is 0 Å². The highest BCUT2D eigenvalue weighted by molar-refractivity contribution is 5.25. The third-order valence-electron chi connectivity index (χ3n) is 4.55. The van der Waals surface area contributed by atoms with E-state index >= 15 is 0 Å². The van der Waals surface area contributed by atoms with Crippen molar-refractivity contribution in [3.63, 3.8) is 0 Å². The van der Waals surface area contributed by atoms with Gasteiger partial charge in [-0.05, 0) is 50.1 Å². The summed E-state index contributed by atoms with van der Waals surface area (Å²) in [6.45, 7) is 7.98. The van der Waals surface area contributed by atoms with Crippen LogP contribution in [-0.2, 0) is 0 Å². The van der Waals surface area contributed by atoms with Gasteiger partial charge in [-0.2, -0.15) is 0 Å². The molecule has 1 heteroatoms. The fraction of sp³-hybridized carbons (Fsp3) is 0.667. The first-order chi connectivity index (χ1) is 9.20. The van der Waals surface area contributed by atoms with Crippen LogP contribution in [0.3, 0.4) is 0 Å². The van der Waals surface area contributed by atoms with Crippen LogP contribution in [0.2, 0.25) is 0 Å². The Morgan fingerprint density at radius 3 is 2.58 bits per heavy atom. The number of aryl methyl sites for hydroxylation is 1. The largest absolute Gasteiger partial charge is 0.310 e. The average Bonchev–Trinajstić information content (AvgIpc) is 2.41. The van der Waals surface area contributed by atoms with Crippen molar-refractivity contribution >= 4 is 0 Å². The molecule has 0 spiro atoms. The van der Waals surface area contributed by atoms with Crippen LogP contribution in [0.25, 0.3) is 0 Å². The summed E-state index contributed by atoms with van der Waals surface area (Å²) in [4.78, 5) is 0. The maximum Gasteiger partial charge on any atom is 0.0348 e. The maximum atomic E-state index is 3.80. The smallest absolute Gasteiger partial charge is 0.0348 e. The van der Waals surface area contributed by atoms with E-state index in [2.05, 4.69) is 50.4 Å². The second kappa shape index (κ2) is 7.09. The molecular formula is C18H29N. The molecule has 0 amide bonds. The molecule has 1 atom stereocenters. The van der Waals surface area contributed by atoms with Crippen molar-refractivity contribution in [3.05, 3.63) is 35.4 Å². The Bertz CT molecular complexity index is 377. The third-order valence-corrected chi connectivity index (χ3v) is 4.55. The first kappa shape index (κ1) is 14.6. The van der Waals surface area contributed by atoms with Gasteiger partial charge in [0.1, 0.15) is 0 Å². The fourth-order valence-corrected chi connectivity index (χ4v) is 3.34. The van der Waals surface area contributed by atoms with Crippen molar-refractivity contribution in [2.45, 2.75) is 58.9 Å². The molecule has 0 radical (unpaired) electrons. The molecule has 19 heavy (non-hydrogen) atoms. The molecule has 0 aromatic heterocycles. The summed E-state index contributed by atoms with van der Waals surface area (Å²) in [6, 6.07) is 9.64. The number of hydrogen-bond acceptors (Lipinski definition) is 1. The summed E-state index contributed by atoms with van der Waals surface area (Å²) < 4.78 is 0. The summed E-state index contributed by atoms with van der Waals surface area (Å²) in [5.74, 6) is 1.75. The molecule has 1 aromatic rings. The van der Waals surface area contributed by atoms with Crippen LogP contribution in [0.1, 0.15) is 63.1 Å². The number of benzene rings is 1. The molecule has 1 saturated carbocycles. The van der Waals surface area contributed by atoms with Crippen LogP contribution in [0.4, 0.5) is 0 Å². The van der Waals surface area contributed by atoms with Crippen molar-refractivity contribution in [2.24, 2.45) is 11.8 Å². The second-order valence-corrected chi connectivity index (χ2v) is 6.37. The second-order valence-electron chi connectivity index (χ2n) is 6.37. The summed E-state index contributed by atoms with van der Waals surface area (Å²) in [5.41, 5.74) is 2.87. The Morgan fingerprint density at radius 1 is 1.21 bits per heavy atom. The van der Waals surface area contributed by atoms with Gasteiger partial charge in [0.15, 0.2) is 0 Å². The van der Waals surface area contributed by atoms with Gasteiger partial charge in [-0.25, -0.2) is 0 Å². The van der Waals surface area contributed by atoms with Crippen LogP contribution in [0, 0.1) is 18.8 Å². The zero-order chi connectivity index (χ0) is 13.7. The van der Waals surface area contributed by atoms with Crippen molar-refractivity contribution < 1.29 is 0 Å². The van der Waals surface area contributed by atoms with Gasteiger partial charge in [-0.3, -0.25) is 0 Å². The molecule has 1 fully saturated rings. The van der Waals surface area contributed by atoms with Gasteiger partial charge in [0, 0.05) is 6.04 Å². The lowest BCUT2D eigenvalue weighted by molar-refractivity contribution is 0.231. The minimum absolute atomic E-state index is 0.562. The van der Waals surface area contributed by atoms with Crippen molar-refractivity contribution in [2.75, 3.05) is 6.54 Å². The highest BCUT2D eigenvalue weighted by Crippen LogP contribution is 2.36. The van der Waals surface area contributed by atoms with Crippen LogP contribution < -0.4 is 5.32 Å². The van der Waals surface area contributed by atoms with E-state index in [0.717, 1.165) is 18.4 Å². The Kier molecular flexibility index (Phi) is 5.45. The molecule has 1 nitrogen and oxygen atoms in total. The highest BCUT2D eigenvalue weighted by atomic mass is 14.9. The van der Waals surface area contributed by atoms with Gasteiger partial charge < -0.3 is 5.32 Å². The van der Waals surface area contributed by atoms with Crippen molar-refractivity contribution in [1.82, 2.24) is 5.32 Å². The summed E-state index contributed by atoms with van der Waals surface area (Å²) in [6.07, 6.45) is 6.79. The van der Waals surface area contributed by atoms with Gasteiger partial charge in [0.25, 0.3) is 0 Å². The van der Waals surface area contributed by atoms with Crippen molar-refractivity contribution in [3.8, 4) is 0 Å². The van der Waals surface area contributed by atoms with E-state index in [0.29, 0.717) is 6.04 Å². The normalized spacial score (nSPS) is 25.2. The molecule has 0 heterocycles. The van der Waals surface area contributed by atoms with Gasteiger partial charge >= 0.3 is 0 Å². The van der Waals surface area contributed by atoms with Crippen molar-refractivity contribution in [1.29, 1.82) is 0 Å². The van der Waals surface area contributed by atoms with E-state index in [-0.39, 0.29) is 0 Å². The molecule has 0 bridgehead atoms. The standard InChI is InChI=1S/C18H29N/c1-4-12-19-18(16-10-8-14(2)9-11-16)17-7-5-6-15(3)13-17/h5-7,13-14,16,18-19H,4,8-12H2,1-3H3. The third kappa shape index (κ3) is 4.07. The van der Waals surface area contributed by atoms with Gasteiger partial charge in [0.2, 0.25) is 0 Å². The lowest BCUT2D eigenvalue weighted by Crippen LogP contribution is -2.31. The monoisotopic (exact) mass is 259 g/mol. The lowest BCUT2D eigenvalue weighted by Gasteiger charge is -2.34. The van der Waals surface area contributed by atoms with E-state index < -0.39 is 0 Å². The van der Waals surface area contributed by atoms with E-state index in [1.54, 1.807) is 0 Å². The summed E-state index contributed by atoms with van der Waals surface area (Å²) >= 11 is 0. The molecule has 1 unspecified atom stereocenters. The van der Waals surface area contributed by atoms with E-state index in [9.17, 15) is 0 Å². The van der Waals surface area contributed by atoms with Crippen LogP contribution in [-0.4, -0.2) is 6.54 Å². The molecule has 1 aromatic carbocycles. The molecule has 1 aliphatic carbocycles. The molecule has 2 rings (SSSR count). The minimum atomic E-state index is 0.562. The Morgan fingerprint density at radius 2 is 1.95 bits per heavy atom. The molecule has 0 saturated heterocycles. The zero-order valence-corrected chi connectivity index (χ0v) is 12.8. The average molecular weight is 259 g/mol. The van der Waals surface area contributed by atoms with Gasteiger partial charge in [-0.15, -0.1) is 0 Å². The topological polar surface area (TPSA) is 12.0 Å². The fourth-order valence-electron chi connectivity index (χ4n) is 3.34. The number of rotatable bonds is 5. The molecular weight excluding hydrogens is 230 g/mol. The van der Waals surface area contributed by atoms with Crippen LogP contribution in [0.5, 0.6) is 0 Å². The Balaban J connectivity index is 2.11. The first-order valence-electron chi connectivity index (χ1n) is 8.00.